The van der Waals surface area contributed by atoms with Crippen LogP contribution < -0.4 is 0 Å². The number of fused-ring (bicyclic) bond motifs is 1. The molecule has 0 fully saturated rings. The minimum atomic E-state index is -1.34. The normalized spacial score (nSPS) is 11.7. The first-order valence-corrected chi connectivity index (χ1v) is 7.18. The molecule has 112 valence electrons. The molecule has 0 saturated heterocycles. The Bertz CT molecular complexity index is 736. The van der Waals surface area contributed by atoms with E-state index in [1.807, 2.05) is 0 Å². The third kappa shape index (κ3) is 2.40. The molecule has 0 aliphatic rings. The SMILES string of the molecule is Cc1c(C(=O)N(C)C(C)(C)C(=O)O)sc2cccc(F)c12. The van der Waals surface area contributed by atoms with Gasteiger partial charge in [0, 0.05) is 17.1 Å². The molecular weight excluding hydrogens is 293 g/mol. The predicted octanol–water partition coefficient (Wildman–Crippen LogP) is 3.28. The lowest BCUT2D eigenvalue weighted by Gasteiger charge is -2.31. The van der Waals surface area contributed by atoms with Gasteiger partial charge in [-0.25, -0.2) is 9.18 Å². The van der Waals surface area contributed by atoms with Gasteiger partial charge in [-0.15, -0.1) is 11.3 Å². The number of carbonyl (C=O) groups is 2. The highest BCUT2D eigenvalue weighted by Gasteiger charge is 2.36. The lowest BCUT2D eigenvalue weighted by molar-refractivity contribution is -0.147. The number of aryl methyl sites for hydroxylation is 1. The molecule has 1 amide bonds. The number of carboxylic acid groups (broad SMARTS) is 1. The van der Waals surface area contributed by atoms with E-state index in [-0.39, 0.29) is 5.82 Å². The van der Waals surface area contributed by atoms with Crippen LogP contribution in [0.4, 0.5) is 4.39 Å². The highest BCUT2D eigenvalue weighted by molar-refractivity contribution is 7.21. The molecule has 1 aromatic heterocycles. The van der Waals surface area contributed by atoms with E-state index in [9.17, 15) is 19.1 Å². The van der Waals surface area contributed by atoms with Gasteiger partial charge in [0.25, 0.3) is 5.91 Å². The lowest BCUT2D eigenvalue weighted by atomic mass is 10.0. The van der Waals surface area contributed by atoms with Gasteiger partial charge in [0.1, 0.15) is 11.4 Å². The van der Waals surface area contributed by atoms with Crippen LogP contribution in [0.3, 0.4) is 0 Å². The van der Waals surface area contributed by atoms with Crippen LogP contribution in [0.2, 0.25) is 0 Å². The highest BCUT2D eigenvalue weighted by Crippen LogP contribution is 2.34. The second kappa shape index (κ2) is 5.11. The molecule has 6 heteroatoms. The van der Waals surface area contributed by atoms with Gasteiger partial charge in [0.15, 0.2) is 0 Å². The zero-order chi connectivity index (χ0) is 15.9. The lowest BCUT2D eigenvalue weighted by Crippen LogP contribution is -2.50. The average Bonchev–Trinajstić information content (AvgIpc) is 2.75. The molecular formula is C15H16FNO3S. The maximum atomic E-state index is 13.9. The Morgan fingerprint density at radius 3 is 2.48 bits per heavy atom. The summed E-state index contributed by atoms with van der Waals surface area (Å²) in [5.41, 5.74) is -0.788. The van der Waals surface area contributed by atoms with Gasteiger partial charge in [-0.1, -0.05) is 6.07 Å². The molecule has 0 aliphatic carbocycles. The molecule has 2 rings (SSSR count). The molecule has 21 heavy (non-hydrogen) atoms. The molecule has 1 aromatic carbocycles. The molecule has 4 nitrogen and oxygen atoms in total. The van der Waals surface area contributed by atoms with Crippen molar-refractivity contribution < 1.29 is 19.1 Å². The minimum Gasteiger partial charge on any atom is -0.480 e. The first-order valence-electron chi connectivity index (χ1n) is 6.37. The molecule has 1 N–H and O–H groups in total. The molecule has 0 atom stereocenters. The third-order valence-electron chi connectivity index (χ3n) is 3.76. The number of likely N-dealkylation sites (N-methyl/N-ethyl adjacent to an activating group) is 1. The molecule has 0 aliphatic heterocycles. The fourth-order valence-electron chi connectivity index (χ4n) is 2.01. The maximum absolute atomic E-state index is 13.9. The number of nitrogens with zero attached hydrogens (tertiary/aromatic N) is 1. The molecule has 0 radical (unpaired) electrons. The van der Waals surface area contributed by atoms with Crippen LogP contribution in [0.25, 0.3) is 10.1 Å². The number of hydrogen-bond acceptors (Lipinski definition) is 3. The number of hydrogen-bond donors (Lipinski definition) is 1. The van der Waals surface area contributed by atoms with Gasteiger partial charge in [0.2, 0.25) is 0 Å². The number of thiophene rings is 1. The van der Waals surface area contributed by atoms with E-state index in [2.05, 4.69) is 0 Å². The van der Waals surface area contributed by atoms with Gasteiger partial charge in [0.05, 0.1) is 4.88 Å². The van der Waals surface area contributed by atoms with E-state index >= 15 is 0 Å². The molecule has 1 heterocycles. The van der Waals surface area contributed by atoms with E-state index in [0.29, 0.717) is 20.5 Å². The van der Waals surface area contributed by atoms with Crippen molar-refractivity contribution in [1.82, 2.24) is 4.90 Å². The van der Waals surface area contributed by atoms with E-state index < -0.39 is 17.4 Å². The minimum absolute atomic E-state index is 0.368. The van der Waals surface area contributed by atoms with E-state index in [4.69, 9.17) is 0 Å². The highest BCUT2D eigenvalue weighted by atomic mass is 32.1. The Hall–Kier alpha value is -1.95. The van der Waals surface area contributed by atoms with Crippen molar-refractivity contribution in [2.75, 3.05) is 7.05 Å². The molecule has 2 aromatic rings. The van der Waals surface area contributed by atoms with Crippen LogP contribution in [-0.4, -0.2) is 34.5 Å². The van der Waals surface area contributed by atoms with Gasteiger partial charge < -0.3 is 10.0 Å². The van der Waals surface area contributed by atoms with Crippen LogP contribution in [0, 0.1) is 12.7 Å². The number of carboxylic acids is 1. The Morgan fingerprint density at radius 2 is 1.95 bits per heavy atom. The Labute approximate surface area is 125 Å². The summed E-state index contributed by atoms with van der Waals surface area (Å²) in [5, 5.41) is 9.63. The fraction of sp³-hybridized carbons (Fsp3) is 0.333. The van der Waals surface area contributed by atoms with Crippen LogP contribution >= 0.6 is 11.3 Å². The summed E-state index contributed by atoms with van der Waals surface area (Å²) in [5.74, 6) is -1.88. The summed E-state index contributed by atoms with van der Waals surface area (Å²) in [6, 6.07) is 4.68. The predicted molar refractivity (Wildman–Crippen MR) is 80.3 cm³/mol. The van der Waals surface area contributed by atoms with Gasteiger partial charge >= 0.3 is 5.97 Å². The van der Waals surface area contributed by atoms with Crippen molar-refractivity contribution in [1.29, 1.82) is 0 Å². The zero-order valence-corrected chi connectivity index (χ0v) is 13.0. The van der Waals surface area contributed by atoms with E-state index in [1.165, 1.54) is 43.2 Å². The zero-order valence-electron chi connectivity index (χ0n) is 12.2. The summed E-state index contributed by atoms with van der Waals surface area (Å²) in [4.78, 5) is 25.3. The third-order valence-corrected chi connectivity index (χ3v) is 5.01. The summed E-state index contributed by atoms with van der Waals surface area (Å²) < 4.78 is 14.6. The number of halogens is 1. The van der Waals surface area contributed by atoms with E-state index in [1.54, 1.807) is 19.1 Å². The second-order valence-corrected chi connectivity index (χ2v) is 6.45. The molecule has 0 spiro atoms. The summed E-state index contributed by atoms with van der Waals surface area (Å²) >= 11 is 1.18. The average molecular weight is 309 g/mol. The van der Waals surface area contributed by atoms with Crippen molar-refractivity contribution in [3.8, 4) is 0 Å². The number of aliphatic carboxylic acids is 1. The number of rotatable bonds is 3. The summed E-state index contributed by atoms with van der Waals surface area (Å²) in [7, 11) is 1.44. The molecule has 0 unspecified atom stereocenters. The van der Waals surface area contributed by atoms with Crippen molar-refractivity contribution in [3.05, 3.63) is 34.5 Å². The summed E-state index contributed by atoms with van der Waals surface area (Å²) in [6.45, 7) is 4.59. The Kier molecular flexibility index (Phi) is 3.76. The van der Waals surface area contributed by atoms with Gasteiger partial charge in [-0.05, 0) is 38.5 Å². The van der Waals surface area contributed by atoms with Crippen molar-refractivity contribution >= 4 is 33.3 Å². The number of amides is 1. The Balaban J connectivity index is 2.52. The molecule has 0 saturated carbocycles. The topological polar surface area (TPSA) is 57.6 Å². The molecule has 0 bridgehead atoms. The van der Waals surface area contributed by atoms with Crippen molar-refractivity contribution in [2.45, 2.75) is 26.3 Å². The van der Waals surface area contributed by atoms with E-state index in [0.717, 1.165) is 0 Å². The largest absolute Gasteiger partial charge is 0.480 e. The number of benzene rings is 1. The van der Waals surface area contributed by atoms with Crippen molar-refractivity contribution in [3.63, 3.8) is 0 Å². The monoisotopic (exact) mass is 309 g/mol. The van der Waals surface area contributed by atoms with Gasteiger partial charge in [-0.3, -0.25) is 4.79 Å². The quantitative estimate of drug-likeness (QED) is 0.946. The summed E-state index contributed by atoms with van der Waals surface area (Å²) in [6.07, 6.45) is 0. The first-order chi connectivity index (χ1) is 9.67. The fourth-order valence-corrected chi connectivity index (χ4v) is 3.21. The van der Waals surface area contributed by atoms with Crippen molar-refractivity contribution in [2.24, 2.45) is 0 Å². The van der Waals surface area contributed by atoms with Crippen LogP contribution in [-0.2, 0) is 4.79 Å². The number of carbonyl (C=O) groups excluding carboxylic acids is 1. The van der Waals surface area contributed by atoms with Crippen LogP contribution in [0.15, 0.2) is 18.2 Å². The smallest absolute Gasteiger partial charge is 0.329 e. The maximum Gasteiger partial charge on any atom is 0.329 e. The standard InChI is InChI=1S/C15H16FNO3S/c1-8-11-9(16)6-5-7-10(11)21-12(8)13(18)17(4)15(2,3)14(19)20/h5-7H,1-4H3,(H,19,20). The van der Waals surface area contributed by atoms with Crippen LogP contribution in [0.1, 0.15) is 29.1 Å². The Morgan fingerprint density at radius 1 is 1.33 bits per heavy atom. The van der Waals surface area contributed by atoms with Gasteiger partial charge in [-0.2, -0.15) is 0 Å². The first kappa shape index (κ1) is 15.4. The van der Waals surface area contributed by atoms with Crippen LogP contribution in [0.5, 0.6) is 0 Å². The second-order valence-electron chi connectivity index (χ2n) is 5.40.